The lowest BCUT2D eigenvalue weighted by molar-refractivity contribution is -0.0997. The van der Waals surface area contributed by atoms with Crippen LogP contribution in [0.25, 0.3) is 5.69 Å². The van der Waals surface area contributed by atoms with Crippen LogP contribution >= 0.6 is 0 Å². The molecule has 0 unspecified atom stereocenters. The van der Waals surface area contributed by atoms with E-state index in [0.29, 0.717) is 42.4 Å². The predicted octanol–water partition coefficient (Wildman–Crippen LogP) is 2.69. The van der Waals surface area contributed by atoms with Crippen molar-refractivity contribution < 1.29 is 18.7 Å². The molecule has 0 saturated carbocycles. The third-order valence-corrected chi connectivity index (χ3v) is 4.79. The van der Waals surface area contributed by atoms with E-state index in [9.17, 15) is 9.18 Å². The van der Waals surface area contributed by atoms with Crippen LogP contribution in [0.3, 0.4) is 0 Å². The minimum Gasteiger partial charge on any atom is -0.470 e. The fourth-order valence-electron chi connectivity index (χ4n) is 3.04. The number of benzene rings is 1. The molecule has 0 radical (unpaired) electrons. The molecule has 8 nitrogen and oxygen atoms in total. The smallest absolute Gasteiger partial charge is 0.232 e. The summed E-state index contributed by atoms with van der Waals surface area (Å²) in [6, 6.07) is 5.93. The first-order valence-corrected chi connectivity index (χ1v) is 9.16. The Kier molecular flexibility index (Phi) is 5.06. The Bertz CT molecular complexity index is 1010. The predicted molar refractivity (Wildman–Crippen MR) is 100 cm³/mol. The van der Waals surface area contributed by atoms with E-state index in [4.69, 9.17) is 9.47 Å². The monoisotopic (exact) mass is 397 g/mol. The van der Waals surface area contributed by atoms with Gasteiger partial charge in [-0.15, -0.1) is 5.10 Å². The summed E-state index contributed by atoms with van der Waals surface area (Å²) in [5.74, 6) is -0.109. The molecule has 0 N–H and O–H groups in total. The number of rotatable bonds is 7. The van der Waals surface area contributed by atoms with E-state index in [-0.39, 0.29) is 29.5 Å². The van der Waals surface area contributed by atoms with Gasteiger partial charge in [0.25, 0.3) is 0 Å². The topological polar surface area (TPSA) is 92.0 Å². The number of aromatic nitrogens is 5. The van der Waals surface area contributed by atoms with Crippen LogP contribution in [0.15, 0.2) is 36.7 Å². The first-order valence-electron chi connectivity index (χ1n) is 9.16. The van der Waals surface area contributed by atoms with Gasteiger partial charge in [0.2, 0.25) is 5.88 Å². The van der Waals surface area contributed by atoms with E-state index >= 15 is 0 Å². The normalized spacial score (nSPS) is 15.0. The van der Waals surface area contributed by atoms with Gasteiger partial charge in [0, 0.05) is 11.8 Å². The lowest BCUT2D eigenvalue weighted by atomic mass is 9.83. The second-order valence-corrected chi connectivity index (χ2v) is 7.44. The highest BCUT2D eigenvalue weighted by atomic mass is 19.1. The molecule has 1 aliphatic heterocycles. The summed E-state index contributed by atoms with van der Waals surface area (Å²) in [4.78, 5) is 20.7. The summed E-state index contributed by atoms with van der Waals surface area (Å²) in [5.41, 5.74) is 2.25. The second-order valence-electron chi connectivity index (χ2n) is 7.44. The Labute approximate surface area is 166 Å². The molecule has 0 amide bonds. The Morgan fingerprint density at radius 2 is 2.00 bits per heavy atom. The lowest BCUT2D eigenvalue weighted by Crippen LogP contribution is -2.41. The van der Waals surface area contributed by atoms with Crippen molar-refractivity contribution in [2.75, 3.05) is 13.2 Å². The second kappa shape index (κ2) is 7.67. The first kappa shape index (κ1) is 19.1. The van der Waals surface area contributed by atoms with Crippen molar-refractivity contribution in [1.29, 1.82) is 0 Å². The molecule has 1 aliphatic rings. The van der Waals surface area contributed by atoms with Crippen LogP contribution in [0.2, 0.25) is 0 Å². The highest BCUT2D eigenvalue weighted by Gasteiger charge is 2.36. The maximum atomic E-state index is 13.2. The number of carbonyl (C=O) groups excluding carboxylic acids is 1. The van der Waals surface area contributed by atoms with E-state index < -0.39 is 0 Å². The summed E-state index contributed by atoms with van der Waals surface area (Å²) in [6.45, 7) is 5.14. The number of halogens is 1. The molecule has 0 aliphatic carbocycles. The van der Waals surface area contributed by atoms with Crippen molar-refractivity contribution in [3.8, 4) is 11.6 Å². The van der Waals surface area contributed by atoms with Gasteiger partial charge in [0.05, 0.1) is 37.0 Å². The van der Waals surface area contributed by atoms with Crippen molar-refractivity contribution in [1.82, 2.24) is 25.0 Å². The molecule has 1 aromatic carbocycles. The zero-order valence-electron chi connectivity index (χ0n) is 16.1. The lowest BCUT2D eigenvalue weighted by Gasteiger charge is -2.37. The van der Waals surface area contributed by atoms with Gasteiger partial charge in [-0.2, -0.15) is 0 Å². The Morgan fingerprint density at radius 3 is 2.62 bits per heavy atom. The average Bonchev–Trinajstić information content (AvgIpc) is 3.06. The molecule has 150 valence electrons. The fourth-order valence-corrected chi connectivity index (χ4v) is 3.04. The number of aryl methyl sites for hydroxylation is 1. The van der Waals surface area contributed by atoms with Gasteiger partial charge >= 0.3 is 0 Å². The summed E-state index contributed by atoms with van der Waals surface area (Å²) in [6.07, 6.45) is 3.22. The number of Topliss-reactive ketones (excluding diaryl/α,β-unsaturated/α-hetero) is 1. The van der Waals surface area contributed by atoms with E-state index in [1.54, 1.807) is 16.8 Å². The third-order valence-electron chi connectivity index (χ3n) is 4.79. The van der Waals surface area contributed by atoms with Crippen LogP contribution in [0.1, 0.15) is 35.2 Å². The van der Waals surface area contributed by atoms with Crippen molar-refractivity contribution in [2.45, 2.75) is 26.9 Å². The van der Waals surface area contributed by atoms with Crippen molar-refractivity contribution in [2.24, 2.45) is 5.41 Å². The molecule has 29 heavy (non-hydrogen) atoms. The number of nitrogens with zero attached hydrogens (tertiary/aromatic N) is 5. The maximum absolute atomic E-state index is 13.2. The Morgan fingerprint density at radius 1 is 1.24 bits per heavy atom. The summed E-state index contributed by atoms with van der Waals surface area (Å²) >= 11 is 0. The highest BCUT2D eigenvalue weighted by molar-refractivity contribution is 5.94. The number of hydrogen-bond donors (Lipinski definition) is 0. The molecule has 0 spiro atoms. The van der Waals surface area contributed by atoms with E-state index in [1.807, 2.05) is 13.8 Å². The zero-order valence-corrected chi connectivity index (χ0v) is 16.1. The van der Waals surface area contributed by atoms with E-state index in [0.717, 1.165) is 0 Å². The van der Waals surface area contributed by atoms with Crippen LogP contribution in [0, 0.1) is 18.2 Å². The van der Waals surface area contributed by atoms with Gasteiger partial charge < -0.3 is 9.47 Å². The molecule has 4 rings (SSSR count). The molecule has 9 heteroatoms. The maximum Gasteiger partial charge on any atom is 0.232 e. The number of hydrogen-bond acceptors (Lipinski definition) is 7. The van der Waals surface area contributed by atoms with E-state index in [1.165, 1.54) is 24.5 Å². The fraction of sp³-hybridized carbons (Fsp3) is 0.350. The van der Waals surface area contributed by atoms with Crippen molar-refractivity contribution >= 4 is 5.78 Å². The molecular formula is C20H20FN5O3. The molecule has 1 fully saturated rings. The van der Waals surface area contributed by atoms with Gasteiger partial charge in [0.15, 0.2) is 5.78 Å². The molecule has 0 bridgehead atoms. The standard InChI is InChI=1S/C20H20FN5O3/c1-13-17(26(25-24-13)15-5-3-14(21)4-6-15)10-29-19-9-22-16(8-23-19)18(27)7-20(2)11-28-12-20/h3-6,8-9H,7,10-12H2,1-2H3. The minimum atomic E-state index is -0.327. The zero-order chi connectivity index (χ0) is 20.4. The SMILES string of the molecule is Cc1nnn(-c2ccc(F)cc2)c1COc1cnc(C(=O)CC2(C)COC2)cn1. The average molecular weight is 397 g/mol. The first-order chi connectivity index (χ1) is 13.9. The van der Waals surface area contributed by atoms with Gasteiger partial charge in [-0.1, -0.05) is 12.1 Å². The van der Waals surface area contributed by atoms with Crippen LogP contribution in [-0.4, -0.2) is 44.0 Å². The van der Waals surface area contributed by atoms with E-state index in [2.05, 4.69) is 20.3 Å². The number of ketones is 1. The van der Waals surface area contributed by atoms with Gasteiger partial charge in [-0.3, -0.25) is 4.79 Å². The van der Waals surface area contributed by atoms with Crippen molar-refractivity contribution in [3.05, 3.63) is 59.6 Å². The molecule has 2 aromatic heterocycles. The Hall–Kier alpha value is -3.20. The largest absolute Gasteiger partial charge is 0.470 e. The van der Waals surface area contributed by atoms with Crippen LogP contribution in [0.4, 0.5) is 4.39 Å². The van der Waals surface area contributed by atoms with Crippen LogP contribution in [-0.2, 0) is 11.3 Å². The van der Waals surface area contributed by atoms with Gasteiger partial charge in [-0.25, -0.2) is 19.0 Å². The summed E-state index contributed by atoms with van der Waals surface area (Å²) in [7, 11) is 0. The molecule has 0 atom stereocenters. The molecular weight excluding hydrogens is 377 g/mol. The quantitative estimate of drug-likeness (QED) is 0.566. The summed E-state index contributed by atoms with van der Waals surface area (Å²) < 4.78 is 25.6. The number of carbonyl (C=O) groups is 1. The van der Waals surface area contributed by atoms with Crippen LogP contribution in [0.5, 0.6) is 5.88 Å². The highest BCUT2D eigenvalue weighted by Crippen LogP contribution is 2.31. The third kappa shape index (κ3) is 4.14. The number of ether oxygens (including phenoxy) is 2. The molecule has 1 saturated heterocycles. The summed E-state index contributed by atoms with van der Waals surface area (Å²) in [5, 5.41) is 8.15. The van der Waals surface area contributed by atoms with Crippen LogP contribution < -0.4 is 4.74 Å². The minimum absolute atomic E-state index is 0.0655. The molecule has 3 aromatic rings. The van der Waals surface area contributed by atoms with Gasteiger partial charge in [-0.05, 0) is 31.2 Å². The molecule has 3 heterocycles. The van der Waals surface area contributed by atoms with Crippen molar-refractivity contribution in [3.63, 3.8) is 0 Å². The van der Waals surface area contributed by atoms with Gasteiger partial charge in [0.1, 0.15) is 23.8 Å². The Balaban J connectivity index is 1.42.